The molecule has 0 bridgehead atoms. The number of amides is 1. The van der Waals surface area contributed by atoms with Crippen molar-refractivity contribution in [1.29, 1.82) is 0 Å². The lowest BCUT2D eigenvalue weighted by Gasteiger charge is -2.36. The predicted molar refractivity (Wildman–Crippen MR) is 75.9 cm³/mol. The number of hydrogen-bond donors (Lipinski definition) is 0. The molecule has 0 aromatic heterocycles. The summed E-state index contributed by atoms with van der Waals surface area (Å²) in [5, 5.41) is 0. The van der Waals surface area contributed by atoms with Crippen LogP contribution in [-0.4, -0.2) is 48.6 Å². The van der Waals surface area contributed by atoms with Gasteiger partial charge in [0.05, 0.1) is 5.69 Å². The highest BCUT2D eigenvalue weighted by molar-refractivity contribution is 6.27. The Balaban J connectivity index is 2.07. The summed E-state index contributed by atoms with van der Waals surface area (Å²) in [6.07, 6.45) is 0. The third-order valence-electron chi connectivity index (χ3n) is 3.44. The minimum Gasteiger partial charge on any atom is -0.366 e. The summed E-state index contributed by atoms with van der Waals surface area (Å²) >= 11 is 5.51. The normalized spacial score (nSPS) is 15.3. The summed E-state index contributed by atoms with van der Waals surface area (Å²) < 4.78 is 14.0. The number of Topliss-reactive ketones (excluding diaryl/α,β-unsaturated/α-hetero) is 1. The predicted octanol–water partition coefficient (Wildman–Crippen LogP) is 1.92. The Morgan fingerprint density at radius 3 is 2.40 bits per heavy atom. The standard InChI is InChI=1S/C14H16ClFN2O2/c1-10(19)11-2-3-13(12(16)8-11)17-4-6-18(7-5-17)14(20)9-15/h2-3,8H,4-7,9H2,1H3. The molecule has 1 aromatic rings. The molecule has 1 heterocycles. The highest BCUT2D eigenvalue weighted by Gasteiger charge is 2.22. The van der Waals surface area contributed by atoms with Crippen molar-refractivity contribution in [3.8, 4) is 0 Å². The van der Waals surface area contributed by atoms with E-state index in [1.54, 1.807) is 17.0 Å². The van der Waals surface area contributed by atoms with Crippen molar-refractivity contribution in [2.24, 2.45) is 0 Å². The first kappa shape index (κ1) is 14.8. The number of alkyl halides is 1. The third kappa shape index (κ3) is 3.10. The number of halogens is 2. The summed E-state index contributed by atoms with van der Waals surface area (Å²) in [6, 6.07) is 4.50. The number of carbonyl (C=O) groups excluding carboxylic acids is 2. The number of nitrogens with zero attached hydrogens (tertiary/aromatic N) is 2. The topological polar surface area (TPSA) is 40.6 Å². The van der Waals surface area contributed by atoms with Gasteiger partial charge in [-0.25, -0.2) is 4.39 Å². The molecule has 0 radical (unpaired) electrons. The quantitative estimate of drug-likeness (QED) is 0.632. The number of rotatable bonds is 3. The summed E-state index contributed by atoms with van der Waals surface area (Å²) in [7, 11) is 0. The molecular weight excluding hydrogens is 283 g/mol. The minimum atomic E-state index is -0.408. The molecule has 108 valence electrons. The van der Waals surface area contributed by atoms with Crippen molar-refractivity contribution in [3.63, 3.8) is 0 Å². The van der Waals surface area contributed by atoms with E-state index in [4.69, 9.17) is 11.6 Å². The molecule has 0 atom stereocenters. The van der Waals surface area contributed by atoms with Crippen LogP contribution in [0, 0.1) is 5.82 Å². The van der Waals surface area contributed by atoms with Gasteiger partial charge in [0.2, 0.25) is 5.91 Å². The maximum absolute atomic E-state index is 14.0. The van der Waals surface area contributed by atoms with Gasteiger partial charge >= 0.3 is 0 Å². The molecule has 0 spiro atoms. The van der Waals surface area contributed by atoms with Crippen LogP contribution < -0.4 is 4.90 Å². The first-order chi connectivity index (χ1) is 9.52. The maximum atomic E-state index is 14.0. The van der Waals surface area contributed by atoms with E-state index in [0.717, 1.165) is 0 Å². The monoisotopic (exact) mass is 298 g/mol. The average Bonchev–Trinajstić information content (AvgIpc) is 2.46. The van der Waals surface area contributed by atoms with E-state index in [2.05, 4.69) is 0 Å². The van der Waals surface area contributed by atoms with Gasteiger partial charge in [-0.2, -0.15) is 0 Å². The van der Waals surface area contributed by atoms with E-state index in [1.165, 1.54) is 13.0 Å². The summed E-state index contributed by atoms with van der Waals surface area (Å²) in [4.78, 5) is 26.2. The maximum Gasteiger partial charge on any atom is 0.237 e. The lowest BCUT2D eigenvalue weighted by atomic mass is 10.1. The van der Waals surface area contributed by atoms with Crippen LogP contribution in [-0.2, 0) is 4.79 Å². The Labute approximate surface area is 122 Å². The van der Waals surface area contributed by atoms with Gasteiger partial charge in [-0.05, 0) is 25.1 Å². The molecule has 6 heteroatoms. The Hall–Kier alpha value is -1.62. The highest BCUT2D eigenvalue weighted by atomic mass is 35.5. The second-order valence-electron chi connectivity index (χ2n) is 4.72. The van der Waals surface area contributed by atoms with Gasteiger partial charge in [-0.1, -0.05) is 0 Å². The molecule has 0 unspecified atom stereocenters. The Morgan fingerprint density at radius 2 is 1.90 bits per heavy atom. The van der Waals surface area contributed by atoms with Crippen molar-refractivity contribution in [3.05, 3.63) is 29.6 Å². The van der Waals surface area contributed by atoms with Gasteiger partial charge in [0.15, 0.2) is 5.78 Å². The van der Waals surface area contributed by atoms with E-state index >= 15 is 0 Å². The van der Waals surface area contributed by atoms with Gasteiger partial charge in [-0.3, -0.25) is 9.59 Å². The molecule has 1 aliphatic rings. The Bertz CT molecular complexity index is 528. The third-order valence-corrected chi connectivity index (χ3v) is 3.67. The van der Waals surface area contributed by atoms with E-state index in [-0.39, 0.29) is 17.6 Å². The zero-order chi connectivity index (χ0) is 14.7. The molecular formula is C14H16ClFN2O2. The largest absolute Gasteiger partial charge is 0.366 e. The van der Waals surface area contributed by atoms with E-state index in [9.17, 15) is 14.0 Å². The van der Waals surface area contributed by atoms with E-state index in [1.807, 2.05) is 4.90 Å². The Morgan fingerprint density at radius 1 is 1.25 bits per heavy atom. The zero-order valence-corrected chi connectivity index (χ0v) is 12.0. The molecule has 0 saturated carbocycles. The number of carbonyl (C=O) groups is 2. The molecule has 1 amide bonds. The van der Waals surface area contributed by atoms with Crippen LogP contribution in [0.25, 0.3) is 0 Å². The molecule has 2 rings (SSSR count). The lowest BCUT2D eigenvalue weighted by molar-refractivity contribution is -0.128. The molecule has 4 nitrogen and oxygen atoms in total. The fourth-order valence-electron chi connectivity index (χ4n) is 2.26. The van der Waals surface area contributed by atoms with Crippen molar-refractivity contribution < 1.29 is 14.0 Å². The van der Waals surface area contributed by atoms with Crippen molar-refractivity contribution in [2.45, 2.75) is 6.92 Å². The number of anilines is 1. The SMILES string of the molecule is CC(=O)c1ccc(N2CCN(C(=O)CCl)CC2)c(F)c1. The van der Waals surface area contributed by atoms with Crippen molar-refractivity contribution in [2.75, 3.05) is 37.0 Å². The number of piperazine rings is 1. The number of hydrogen-bond acceptors (Lipinski definition) is 3. The van der Waals surface area contributed by atoms with Crippen LogP contribution in [0.3, 0.4) is 0 Å². The first-order valence-electron chi connectivity index (χ1n) is 6.42. The minimum absolute atomic E-state index is 0.0261. The van der Waals surface area contributed by atoms with Crippen LogP contribution in [0.2, 0.25) is 0 Å². The first-order valence-corrected chi connectivity index (χ1v) is 6.95. The van der Waals surface area contributed by atoms with E-state index < -0.39 is 5.82 Å². The van der Waals surface area contributed by atoms with Crippen LogP contribution in [0.5, 0.6) is 0 Å². The second-order valence-corrected chi connectivity index (χ2v) is 4.99. The molecule has 0 N–H and O–H groups in total. The summed E-state index contributed by atoms with van der Waals surface area (Å²) in [6.45, 7) is 3.57. The van der Waals surface area contributed by atoms with Gasteiger partial charge in [0.25, 0.3) is 0 Å². The van der Waals surface area contributed by atoms with Gasteiger partial charge in [0, 0.05) is 31.7 Å². The molecule has 1 aromatic carbocycles. The summed E-state index contributed by atoms with van der Waals surface area (Å²) in [5.74, 6) is -0.691. The van der Waals surface area contributed by atoms with Crippen LogP contribution in [0.1, 0.15) is 17.3 Å². The molecule has 0 aliphatic carbocycles. The lowest BCUT2D eigenvalue weighted by Crippen LogP contribution is -2.49. The molecule has 1 fully saturated rings. The smallest absolute Gasteiger partial charge is 0.237 e. The molecule has 1 saturated heterocycles. The zero-order valence-electron chi connectivity index (χ0n) is 11.2. The second kappa shape index (κ2) is 6.22. The van der Waals surface area contributed by atoms with Crippen LogP contribution >= 0.6 is 11.6 Å². The number of benzene rings is 1. The number of ketones is 1. The van der Waals surface area contributed by atoms with Gasteiger partial charge < -0.3 is 9.80 Å². The van der Waals surface area contributed by atoms with Crippen molar-refractivity contribution in [1.82, 2.24) is 4.90 Å². The fourth-order valence-corrected chi connectivity index (χ4v) is 2.43. The Kier molecular flexibility index (Phi) is 4.60. The molecule has 20 heavy (non-hydrogen) atoms. The molecule has 1 aliphatic heterocycles. The van der Waals surface area contributed by atoms with Crippen LogP contribution in [0.15, 0.2) is 18.2 Å². The van der Waals surface area contributed by atoms with Gasteiger partial charge in [0.1, 0.15) is 11.7 Å². The van der Waals surface area contributed by atoms with Crippen molar-refractivity contribution >= 4 is 29.0 Å². The van der Waals surface area contributed by atoms with Crippen LogP contribution in [0.4, 0.5) is 10.1 Å². The fraction of sp³-hybridized carbons (Fsp3) is 0.429. The van der Waals surface area contributed by atoms with E-state index in [0.29, 0.717) is 37.4 Å². The summed E-state index contributed by atoms with van der Waals surface area (Å²) in [5.41, 5.74) is 0.829. The average molecular weight is 299 g/mol. The van der Waals surface area contributed by atoms with Gasteiger partial charge in [-0.15, -0.1) is 11.6 Å². The highest BCUT2D eigenvalue weighted by Crippen LogP contribution is 2.22.